The molecule has 1 saturated carbocycles. The summed E-state index contributed by atoms with van der Waals surface area (Å²) in [6.07, 6.45) is 0.985. The zero-order valence-electron chi connectivity index (χ0n) is 11.3. The zero-order valence-corrected chi connectivity index (χ0v) is 12.1. The fourth-order valence-corrected chi connectivity index (χ4v) is 3.60. The highest BCUT2D eigenvalue weighted by atomic mass is 32.2. The normalized spacial score (nSPS) is 21.9. The molecule has 8 heteroatoms. The van der Waals surface area contributed by atoms with Crippen LogP contribution in [0.3, 0.4) is 0 Å². The van der Waals surface area contributed by atoms with E-state index in [1.165, 1.54) is 29.6 Å². The van der Waals surface area contributed by atoms with Crippen LogP contribution in [-0.2, 0) is 10.0 Å². The van der Waals surface area contributed by atoms with Gasteiger partial charge in [0, 0.05) is 13.6 Å². The van der Waals surface area contributed by atoms with Crippen LogP contribution >= 0.6 is 0 Å². The van der Waals surface area contributed by atoms with Crippen LogP contribution in [0, 0.1) is 22.0 Å². The van der Waals surface area contributed by atoms with Gasteiger partial charge in [0.15, 0.2) is 4.90 Å². The van der Waals surface area contributed by atoms with E-state index in [4.69, 9.17) is 5.73 Å². The van der Waals surface area contributed by atoms with Crippen molar-refractivity contribution < 1.29 is 13.3 Å². The highest BCUT2D eigenvalue weighted by molar-refractivity contribution is 7.89. The first kappa shape index (κ1) is 14.7. The van der Waals surface area contributed by atoms with E-state index in [1.54, 1.807) is 0 Å². The monoisotopic (exact) mass is 299 g/mol. The molecule has 2 unspecified atom stereocenters. The molecule has 110 valence electrons. The van der Waals surface area contributed by atoms with Gasteiger partial charge in [-0.25, -0.2) is 12.7 Å². The number of hydrogen-bond donors (Lipinski definition) is 1. The van der Waals surface area contributed by atoms with Gasteiger partial charge in [-0.1, -0.05) is 13.0 Å². The van der Waals surface area contributed by atoms with Crippen LogP contribution in [0.4, 0.5) is 11.4 Å². The number of sulfonamides is 1. The molecule has 0 heterocycles. The number of nitro benzene ring substituents is 1. The van der Waals surface area contributed by atoms with E-state index in [2.05, 4.69) is 0 Å². The van der Waals surface area contributed by atoms with Gasteiger partial charge >= 0.3 is 5.69 Å². The lowest BCUT2D eigenvalue weighted by Gasteiger charge is -2.17. The molecule has 0 aliphatic heterocycles. The Hall–Kier alpha value is -1.67. The number of nitrogen functional groups attached to an aromatic ring is 1. The maximum atomic E-state index is 12.4. The first-order chi connectivity index (χ1) is 9.25. The average Bonchev–Trinajstić information content (AvgIpc) is 3.03. The van der Waals surface area contributed by atoms with Crippen molar-refractivity contribution >= 4 is 21.4 Å². The van der Waals surface area contributed by atoms with Gasteiger partial charge < -0.3 is 5.73 Å². The molecule has 1 aromatic rings. The maximum Gasteiger partial charge on any atom is 0.312 e. The van der Waals surface area contributed by atoms with E-state index < -0.39 is 20.6 Å². The van der Waals surface area contributed by atoms with Crippen molar-refractivity contribution in [2.24, 2.45) is 11.8 Å². The van der Waals surface area contributed by atoms with Crippen molar-refractivity contribution in [2.45, 2.75) is 18.2 Å². The van der Waals surface area contributed by atoms with E-state index in [-0.39, 0.29) is 10.6 Å². The number of nitrogens with two attached hydrogens (primary N) is 1. The van der Waals surface area contributed by atoms with E-state index in [0.29, 0.717) is 18.4 Å². The molecule has 1 aliphatic carbocycles. The molecule has 0 spiro atoms. The third-order valence-corrected chi connectivity index (χ3v) is 5.52. The lowest BCUT2D eigenvalue weighted by molar-refractivity contribution is -0.386. The number of rotatable bonds is 5. The SMILES string of the molecule is CC1CC1CN(C)S(=O)(=O)c1cccc(N)c1[N+](=O)[O-]. The summed E-state index contributed by atoms with van der Waals surface area (Å²) in [6.45, 7) is 2.42. The van der Waals surface area contributed by atoms with Gasteiger partial charge in [0.2, 0.25) is 10.0 Å². The van der Waals surface area contributed by atoms with Crippen molar-refractivity contribution in [3.8, 4) is 0 Å². The van der Waals surface area contributed by atoms with Crippen LogP contribution in [0.5, 0.6) is 0 Å². The van der Waals surface area contributed by atoms with Gasteiger partial charge in [-0.15, -0.1) is 0 Å². The highest BCUT2D eigenvalue weighted by Crippen LogP contribution is 2.39. The van der Waals surface area contributed by atoms with Gasteiger partial charge in [0.05, 0.1) is 4.92 Å². The minimum absolute atomic E-state index is 0.149. The zero-order chi connectivity index (χ0) is 15.1. The largest absolute Gasteiger partial charge is 0.393 e. The molecular formula is C12H17N3O4S. The second-order valence-corrected chi connectivity index (χ2v) is 7.22. The summed E-state index contributed by atoms with van der Waals surface area (Å²) in [4.78, 5) is 9.94. The van der Waals surface area contributed by atoms with Crippen LogP contribution in [0.25, 0.3) is 0 Å². The van der Waals surface area contributed by atoms with Crippen molar-refractivity contribution in [3.05, 3.63) is 28.3 Å². The Balaban J connectivity index is 2.38. The second kappa shape index (κ2) is 5.02. The molecule has 2 rings (SSSR count). The van der Waals surface area contributed by atoms with Gasteiger partial charge in [-0.05, 0) is 30.4 Å². The maximum absolute atomic E-state index is 12.4. The second-order valence-electron chi connectivity index (χ2n) is 5.21. The fraction of sp³-hybridized carbons (Fsp3) is 0.500. The van der Waals surface area contributed by atoms with Crippen LogP contribution in [-0.4, -0.2) is 31.2 Å². The summed E-state index contributed by atoms with van der Waals surface area (Å²) in [6, 6.07) is 3.94. The third-order valence-electron chi connectivity index (χ3n) is 3.67. The van der Waals surface area contributed by atoms with Crippen LogP contribution < -0.4 is 5.73 Å². The first-order valence-corrected chi connectivity index (χ1v) is 7.68. The Bertz CT molecular complexity index is 644. The lowest BCUT2D eigenvalue weighted by Crippen LogP contribution is -2.30. The van der Waals surface area contributed by atoms with E-state index in [0.717, 1.165) is 6.42 Å². The quantitative estimate of drug-likeness (QED) is 0.503. The molecule has 1 fully saturated rings. The molecule has 0 aromatic heterocycles. The van der Waals surface area contributed by atoms with Gasteiger partial charge in [0.1, 0.15) is 5.69 Å². The Labute approximate surface area is 117 Å². The Morgan fingerprint density at radius 2 is 2.10 bits per heavy atom. The Kier molecular flexibility index (Phi) is 3.70. The molecule has 0 amide bonds. The number of anilines is 1. The third kappa shape index (κ3) is 2.61. The number of para-hydroxylation sites is 1. The highest BCUT2D eigenvalue weighted by Gasteiger charge is 2.38. The molecule has 7 nitrogen and oxygen atoms in total. The van der Waals surface area contributed by atoms with E-state index in [1.807, 2.05) is 6.92 Å². The minimum atomic E-state index is -3.90. The van der Waals surface area contributed by atoms with Crippen LogP contribution in [0.15, 0.2) is 23.1 Å². The summed E-state index contributed by atoms with van der Waals surface area (Å²) in [7, 11) is -2.47. The predicted molar refractivity (Wildman–Crippen MR) is 74.6 cm³/mol. The number of benzene rings is 1. The van der Waals surface area contributed by atoms with Gasteiger partial charge in [0.25, 0.3) is 0 Å². The Morgan fingerprint density at radius 1 is 1.50 bits per heavy atom. The summed E-state index contributed by atoms with van der Waals surface area (Å²) < 4.78 is 26.1. The number of nitro groups is 1. The molecule has 1 aromatic carbocycles. The molecular weight excluding hydrogens is 282 g/mol. The molecule has 20 heavy (non-hydrogen) atoms. The average molecular weight is 299 g/mol. The summed E-state index contributed by atoms with van der Waals surface area (Å²) in [5.41, 5.74) is 4.83. The van der Waals surface area contributed by atoms with Crippen LogP contribution in [0.1, 0.15) is 13.3 Å². The van der Waals surface area contributed by atoms with Crippen molar-refractivity contribution in [1.29, 1.82) is 0 Å². The van der Waals surface area contributed by atoms with E-state index in [9.17, 15) is 18.5 Å². The molecule has 0 bridgehead atoms. The summed E-state index contributed by atoms with van der Waals surface area (Å²) >= 11 is 0. The minimum Gasteiger partial charge on any atom is -0.393 e. The van der Waals surface area contributed by atoms with Crippen molar-refractivity contribution in [3.63, 3.8) is 0 Å². The standard InChI is InChI=1S/C12H17N3O4S/c1-8-6-9(8)7-14(2)20(18,19)11-5-3-4-10(13)12(11)15(16)17/h3-5,8-9H,6-7,13H2,1-2H3. The molecule has 2 N–H and O–H groups in total. The topological polar surface area (TPSA) is 107 Å². The van der Waals surface area contributed by atoms with Crippen molar-refractivity contribution in [1.82, 2.24) is 4.31 Å². The van der Waals surface area contributed by atoms with Crippen molar-refractivity contribution in [2.75, 3.05) is 19.3 Å². The molecule has 0 saturated heterocycles. The number of hydrogen-bond acceptors (Lipinski definition) is 5. The molecule has 1 aliphatic rings. The van der Waals surface area contributed by atoms with Crippen LogP contribution in [0.2, 0.25) is 0 Å². The summed E-state index contributed by atoms with van der Waals surface area (Å²) in [5.74, 6) is 0.832. The smallest absolute Gasteiger partial charge is 0.312 e. The van der Waals surface area contributed by atoms with Gasteiger partial charge in [-0.3, -0.25) is 10.1 Å². The Morgan fingerprint density at radius 3 is 2.60 bits per heavy atom. The van der Waals surface area contributed by atoms with Gasteiger partial charge in [-0.2, -0.15) is 0 Å². The lowest BCUT2D eigenvalue weighted by atomic mass is 10.3. The molecule has 0 radical (unpaired) electrons. The van der Waals surface area contributed by atoms with E-state index >= 15 is 0 Å². The predicted octanol–water partition coefficient (Wildman–Crippen LogP) is 1.45. The number of nitrogens with zero attached hydrogens (tertiary/aromatic N) is 2. The fourth-order valence-electron chi connectivity index (χ4n) is 2.19. The molecule has 2 atom stereocenters. The summed E-state index contributed by atoms with van der Waals surface area (Å²) in [5, 5.41) is 11.0. The first-order valence-electron chi connectivity index (χ1n) is 6.24.